The Morgan fingerprint density at radius 2 is 1.95 bits per heavy atom. The number of rotatable bonds is 3. The summed E-state index contributed by atoms with van der Waals surface area (Å²) in [6.45, 7) is 1.92. The van der Waals surface area contributed by atoms with Crippen molar-refractivity contribution in [2.45, 2.75) is 45.4 Å². The van der Waals surface area contributed by atoms with Crippen molar-refractivity contribution in [3.8, 4) is 0 Å². The lowest BCUT2D eigenvalue weighted by Crippen LogP contribution is -2.14. The Morgan fingerprint density at radius 3 is 2.67 bits per heavy atom. The smallest absolute Gasteiger partial charge is 0.308 e. The number of carbonyl (C=O) groups is 1. The minimum Gasteiger partial charge on any atom is -0.469 e. The lowest BCUT2D eigenvalue weighted by Gasteiger charge is -2.10. The number of H-pyrrole nitrogens is 1. The van der Waals surface area contributed by atoms with Crippen molar-refractivity contribution in [1.29, 1.82) is 0 Å². The van der Waals surface area contributed by atoms with Gasteiger partial charge in [0.1, 0.15) is 0 Å². The number of esters is 1. The van der Waals surface area contributed by atoms with E-state index in [2.05, 4.69) is 17.1 Å². The van der Waals surface area contributed by atoms with Crippen molar-refractivity contribution in [2.24, 2.45) is 5.92 Å². The standard InChI is InChI=1S/C18H23NO2/c1-12(18(20)21-2)8-15-11-19-17-10-14-7-5-3-4-6-13(14)9-16(15)17/h9-12,19H,3-8H2,1-2H3. The molecule has 2 aromatic rings. The molecule has 21 heavy (non-hydrogen) atoms. The van der Waals surface area contributed by atoms with Crippen LogP contribution in [0.5, 0.6) is 0 Å². The molecule has 3 heteroatoms. The van der Waals surface area contributed by atoms with Crippen molar-refractivity contribution < 1.29 is 9.53 Å². The second-order valence-corrected chi connectivity index (χ2v) is 6.17. The van der Waals surface area contributed by atoms with Crippen LogP contribution in [-0.4, -0.2) is 18.1 Å². The van der Waals surface area contributed by atoms with Gasteiger partial charge < -0.3 is 9.72 Å². The van der Waals surface area contributed by atoms with Crippen molar-refractivity contribution in [2.75, 3.05) is 7.11 Å². The highest BCUT2D eigenvalue weighted by Gasteiger charge is 2.17. The third-order valence-corrected chi connectivity index (χ3v) is 4.61. The molecule has 0 amide bonds. The van der Waals surface area contributed by atoms with Crippen molar-refractivity contribution >= 4 is 16.9 Å². The summed E-state index contributed by atoms with van der Waals surface area (Å²) in [5, 5.41) is 1.27. The van der Waals surface area contributed by atoms with Gasteiger partial charge in [-0.05, 0) is 60.9 Å². The molecule has 1 aromatic carbocycles. The summed E-state index contributed by atoms with van der Waals surface area (Å²) in [6.07, 6.45) is 9.06. The van der Waals surface area contributed by atoms with E-state index in [1.54, 1.807) is 0 Å². The molecule has 3 nitrogen and oxygen atoms in total. The first-order valence-electron chi connectivity index (χ1n) is 7.88. The first-order valence-corrected chi connectivity index (χ1v) is 7.88. The van der Waals surface area contributed by atoms with Crippen LogP contribution in [0.1, 0.15) is 42.9 Å². The largest absolute Gasteiger partial charge is 0.469 e. The van der Waals surface area contributed by atoms with Crippen LogP contribution in [0.2, 0.25) is 0 Å². The molecule has 1 aromatic heterocycles. The maximum absolute atomic E-state index is 11.6. The van der Waals surface area contributed by atoms with Gasteiger partial charge >= 0.3 is 5.97 Å². The van der Waals surface area contributed by atoms with Crippen LogP contribution in [0.3, 0.4) is 0 Å². The van der Waals surface area contributed by atoms with E-state index in [0.29, 0.717) is 0 Å². The number of aromatic nitrogens is 1. The normalized spacial score (nSPS) is 16.3. The fourth-order valence-electron chi connectivity index (χ4n) is 3.37. The minimum atomic E-state index is -0.140. The Balaban J connectivity index is 1.94. The zero-order chi connectivity index (χ0) is 14.8. The van der Waals surface area contributed by atoms with E-state index in [9.17, 15) is 4.79 Å². The summed E-state index contributed by atoms with van der Waals surface area (Å²) in [7, 11) is 1.45. The summed E-state index contributed by atoms with van der Waals surface area (Å²) in [4.78, 5) is 15.0. The molecule has 0 radical (unpaired) electrons. The maximum Gasteiger partial charge on any atom is 0.308 e. The number of ether oxygens (including phenoxy) is 1. The average molecular weight is 285 g/mol. The van der Waals surface area contributed by atoms with Crippen molar-refractivity contribution in [3.63, 3.8) is 0 Å². The summed E-state index contributed by atoms with van der Waals surface area (Å²) in [5.41, 5.74) is 5.40. The van der Waals surface area contributed by atoms with Crippen LogP contribution in [0.4, 0.5) is 0 Å². The van der Waals surface area contributed by atoms with Gasteiger partial charge in [0.25, 0.3) is 0 Å². The molecular weight excluding hydrogens is 262 g/mol. The van der Waals surface area contributed by atoms with E-state index in [1.165, 1.54) is 66.8 Å². The fourth-order valence-corrected chi connectivity index (χ4v) is 3.37. The number of fused-ring (bicyclic) bond motifs is 2. The van der Waals surface area contributed by atoms with Gasteiger partial charge in [0.2, 0.25) is 0 Å². The zero-order valence-corrected chi connectivity index (χ0v) is 12.9. The molecule has 0 spiro atoms. The van der Waals surface area contributed by atoms with Gasteiger partial charge in [-0.15, -0.1) is 0 Å². The van der Waals surface area contributed by atoms with Crippen molar-refractivity contribution in [1.82, 2.24) is 4.98 Å². The number of nitrogens with one attached hydrogen (secondary N) is 1. The second-order valence-electron chi connectivity index (χ2n) is 6.17. The summed E-state index contributed by atoms with van der Waals surface area (Å²) in [5.74, 6) is -0.244. The van der Waals surface area contributed by atoms with E-state index in [1.807, 2.05) is 13.1 Å². The molecule has 112 valence electrons. The SMILES string of the molecule is COC(=O)C(C)Cc1c[nH]c2cc3c(cc12)CCCCC3. The van der Waals surface area contributed by atoms with Crippen LogP contribution < -0.4 is 0 Å². The van der Waals surface area contributed by atoms with Gasteiger partial charge in [-0.2, -0.15) is 0 Å². The van der Waals surface area contributed by atoms with E-state index in [-0.39, 0.29) is 11.9 Å². The third-order valence-electron chi connectivity index (χ3n) is 4.61. The topological polar surface area (TPSA) is 42.1 Å². The molecule has 1 unspecified atom stereocenters. The van der Waals surface area contributed by atoms with Gasteiger partial charge in [0, 0.05) is 17.1 Å². The highest BCUT2D eigenvalue weighted by atomic mass is 16.5. The molecule has 0 saturated heterocycles. The molecule has 0 saturated carbocycles. The maximum atomic E-state index is 11.6. The number of hydrogen-bond donors (Lipinski definition) is 1. The minimum absolute atomic E-state index is 0.104. The van der Waals surface area contributed by atoms with E-state index >= 15 is 0 Å². The van der Waals surface area contributed by atoms with E-state index in [0.717, 1.165) is 6.42 Å². The number of benzene rings is 1. The lowest BCUT2D eigenvalue weighted by atomic mass is 9.96. The fraction of sp³-hybridized carbons (Fsp3) is 0.500. The summed E-state index contributed by atoms with van der Waals surface area (Å²) < 4.78 is 4.83. The zero-order valence-electron chi connectivity index (χ0n) is 12.9. The van der Waals surface area contributed by atoms with Gasteiger partial charge in [0.05, 0.1) is 13.0 Å². The van der Waals surface area contributed by atoms with Crippen LogP contribution in [-0.2, 0) is 28.8 Å². The quantitative estimate of drug-likeness (QED) is 0.688. The Morgan fingerprint density at radius 1 is 1.24 bits per heavy atom. The molecule has 1 aliphatic rings. The number of hydrogen-bond acceptors (Lipinski definition) is 2. The highest BCUT2D eigenvalue weighted by Crippen LogP contribution is 2.28. The summed E-state index contributed by atoms with van der Waals surface area (Å²) in [6, 6.07) is 4.65. The molecule has 0 aliphatic heterocycles. The number of aromatic amines is 1. The number of carbonyl (C=O) groups excluding carboxylic acids is 1. The molecule has 1 heterocycles. The Kier molecular flexibility index (Phi) is 4.00. The molecule has 0 bridgehead atoms. The molecule has 1 atom stereocenters. The molecule has 0 fully saturated rings. The van der Waals surface area contributed by atoms with E-state index in [4.69, 9.17) is 4.74 Å². The van der Waals surface area contributed by atoms with Crippen molar-refractivity contribution in [3.05, 3.63) is 35.0 Å². The number of aryl methyl sites for hydroxylation is 2. The van der Waals surface area contributed by atoms with Crippen LogP contribution >= 0.6 is 0 Å². The lowest BCUT2D eigenvalue weighted by molar-refractivity contribution is -0.144. The second kappa shape index (κ2) is 5.92. The predicted molar refractivity (Wildman–Crippen MR) is 84.4 cm³/mol. The van der Waals surface area contributed by atoms with Gasteiger partial charge in [0.15, 0.2) is 0 Å². The van der Waals surface area contributed by atoms with Crippen LogP contribution in [0.25, 0.3) is 10.9 Å². The van der Waals surface area contributed by atoms with Crippen LogP contribution in [0.15, 0.2) is 18.3 Å². The molecular formula is C18H23NO2. The van der Waals surface area contributed by atoms with E-state index < -0.39 is 0 Å². The number of methoxy groups -OCH3 is 1. The van der Waals surface area contributed by atoms with Gasteiger partial charge in [-0.1, -0.05) is 13.3 Å². The Labute approximate surface area is 125 Å². The first-order chi connectivity index (χ1) is 10.2. The summed E-state index contributed by atoms with van der Waals surface area (Å²) >= 11 is 0. The monoisotopic (exact) mass is 285 g/mol. The molecule has 3 rings (SSSR count). The van der Waals surface area contributed by atoms with Gasteiger partial charge in [-0.3, -0.25) is 4.79 Å². The Hall–Kier alpha value is -1.77. The molecule has 1 aliphatic carbocycles. The van der Waals surface area contributed by atoms with Gasteiger partial charge in [-0.25, -0.2) is 0 Å². The first kappa shape index (κ1) is 14.2. The Bertz CT molecular complexity index is 657. The molecule has 1 N–H and O–H groups in total. The third kappa shape index (κ3) is 2.82. The highest BCUT2D eigenvalue weighted by molar-refractivity contribution is 5.85. The average Bonchev–Trinajstić information content (AvgIpc) is 2.72. The van der Waals surface area contributed by atoms with Crippen LogP contribution in [0, 0.1) is 5.92 Å². The predicted octanol–water partition coefficient (Wildman–Crippen LogP) is 3.79.